The van der Waals surface area contributed by atoms with Gasteiger partial charge in [0, 0.05) is 31.2 Å². The normalized spacial score (nSPS) is 21.2. The predicted octanol–water partition coefficient (Wildman–Crippen LogP) is 3.32. The molecule has 2 saturated carbocycles. The molecule has 0 unspecified atom stereocenters. The first-order valence-electron chi connectivity index (χ1n) is 13.0. The fraction of sp³-hybridized carbons (Fsp3) is 0.560. The molecule has 2 fully saturated rings. The smallest absolute Gasteiger partial charge is 0.240 e. The van der Waals surface area contributed by atoms with E-state index in [2.05, 4.69) is 24.9 Å². The number of nitrogens with two attached hydrogens (primary N) is 1. The molecule has 194 valence electrons. The molecule has 1 aromatic carbocycles. The van der Waals surface area contributed by atoms with Crippen LogP contribution in [0.2, 0.25) is 0 Å². The molecule has 2 aliphatic rings. The van der Waals surface area contributed by atoms with Crippen LogP contribution in [-0.4, -0.2) is 53.1 Å². The fourth-order valence-corrected chi connectivity index (χ4v) is 6.20. The zero-order chi connectivity index (χ0) is 25.1. The van der Waals surface area contributed by atoms with Gasteiger partial charge >= 0.3 is 0 Å². The second-order valence-electron chi connectivity index (χ2n) is 10.1. The van der Waals surface area contributed by atoms with Gasteiger partial charge in [-0.05, 0) is 57.6 Å². The molecule has 3 aromatic rings. The maximum atomic E-state index is 12.6. The first-order chi connectivity index (χ1) is 17.4. The van der Waals surface area contributed by atoms with Gasteiger partial charge in [-0.25, -0.2) is 18.1 Å². The van der Waals surface area contributed by atoms with Crippen molar-refractivity contribution in [3.8, 4) is 0 Å². The third kappa shape index (κ3) is 5.63. The summed E-state index contributed by atoms with van der Waals surface area (Å²) >= 11 is 0. The van der Waals surface area contributed by atoms with E-state index in [0.29, 0.717) is 35.9 Å². The van der Waals surface area contributed by atoms with Crippen molar-refractivity contribution in [1.29, 1.82) is 0 Å². The number of hydrogen-bond acceptors (Lipinski definition) is 8. The van der Waals surface area contributed by atoms with Crippen LogP contribution in [-0.2, 0) is 10.0 Å². The molecule has 2 heterocycles. The SMILES string of the molecule is Cc1ccc(S(=O)(=O)NCCNc2nc(N[C@H]3CC[C@H](N)CC3)nc3c2ncn3C2CCCC2)cc1. The van der Waals surface area contributed by atoms with E-state index in [0.717, 1.165) is 49.7 Å². The Bertz CT molecular complexity index is 1280. The number of anilines is 2. The Hall–Kier alpha value is -2.76. The standard InChI is InChI=1S/C25H36N8O2S/c1-17-6-12-21(13-7-17)36(34,35)29-15-14-27-23-22-24(33(16-28-22)20-4-2-3-5-20)32-25(31-23)30-19-10-8-18(26)9-11-19/h6-7,12-13,16,18-20,29H,2-5,8-11,14-15,26H2,1H3,(H2,27,30,31,32)/t18-,19-. The van der Waals surface area contributed by atoms with Crippen molar-refractivity contribution >= 4 is 33.0 Å². The zero-order valence-electron chi connectivity index (χ0n) is 20.8. The van der Waals surface area contributed by atoms with Crippen molar-refractivity contribution in [1.82, 2.24) is 24.2 Å². The molecule has 0 atom stereocenters. The Balaban J connectivity index is 1.32. The molecule has 0 bridgehead atoms. The number of rotatable bonds is 9. The molecule has 0 saturated heterocycles. The number of nitrogens with one attached hydrogen (secondary N) is 3. The number of fused-ring (bicyclic) bond motifs is 1. The molecule has 0 amide bonds. The van der Waals surface area contributed by atoms with Crippen LogP contribution in [0.5, 0.6) is 0 Å². The number of aromatic nitrogens is 4. The molecule has 2 aliphatic carbocycles. The molecule has 0 radical (unpaired) electrons. The molecule has 0 aliphatic heterocycles. The highest BCUT2D eigenvalue weighted by atomic mass is 32.2. The van der Waals surface area contributed by atoms with E-state index in [4.69, 9.17) is 15.7 Å². The van der Waals surface area contributed by atoms with Crippen LogP contribution in [0.15, 0.2) is 35.5 Å². The van der Waals surface area contributed by atoms with Crippen LogP contribution < -0.4 is 21.1 Å². The lowest BCUT2D eigenvalue weighted by atomic mass is 9.92. The minimum atomic E-state index is -3.58. The largest absolute Gasteiger partial charge is 0.367 e. The molecule has 0 spiro atoms. The summed E-state index contributed by atoms with van der Waals surface area (Å²) < 4.78 is 30.1. The van der Waals surface area contributed by atoms with Gasteiger partial charge in [0.2, 0.25) is 16.0 Å². The predicted molar refractivity (Wildman–Crippen MR) is 142 cm³/mol. The van der Waals surface area contributed by atoms with Gasteiger partial charge in [-0.2, -0.15) is 9.97 Å². The Morgan fingerprint density at radius 3 is 2.44 bits per heavy atom. The Morgan fingerprint density at radius 1 is 1.00 bits per heavy atom. The van der Waals surface area contributed by atoms with Gasteiger partial charge in [-0.3, -0.25) is 0 Å². The van der Waals surface area contributed by atoms with Crippen LogP contribution in [0, 0.1) is 6.92 Å². The highest BCUT2D eigenvalue weighted by molar-refractivity contribution is 7.89. The number of nitrogens with zero attached hydrogens (tertiary/aromatic N) is 4. The van der Waals surface area contributed by atoms with Crippen LogP contribution in [0.3, 0.4) is 0 Å². The second-order valence-corrected chi connectivity index (χ2v) is 11.8. The van der Waals surface area contributed by atoms with E-state index in [-0.39, 0.29) is 17.5 Å². The number of aryl methyl sites for hydroxylation is 1. The topological polar surface area (TPSA) is 140 Å². The van der Waals surface area contributed by atoms with Crippen molar-refractivity contribution in [2.75, 3.05) is 23.7 Å². The van der Waals surface area contributed by atoms with Gasteiger partial charge in [-0.15, -0.1) is 0 Å². The van der Waals surface area contributed by atoms with Crippen molar-refractivity contribution in [2.45, 2.75) is 81.3 Å². The fourth-order valence-electron chi connectivity index (χ4n) is 5.17. The third-order valence-corrected chi connectivity index (χ3v) is 8.76. The number of imidazole rings is 1. The van der Waals surface area contributed by atoms with Crippen LogP contribution in [0.1, 0.15) is 63.0 Å². The quantitative estimate of drug-likeness (QED) is 0.320. The third-order valence-electron chi connectivity index (χ3n) is 7.29. The highest BCUT2D eigenvalue weighted by Gasteiger charge is 2.24. The summed E-state index contributed by atoms with van der Waals surface area (Å²) in [5, 5.41) is 6.81. The molecular formula is C25H36N8O2S. The minimum absolute atomic E-state index is 0.217. The molecule has 2 aromatic heterocycles. The molecule has 10 nitrogen and oxygen atoms in total. The van der Waals surface area contributed by atoms with E-state index >= 15 is 0 Å². The van der Waals surface area contributed by atoms with Crippen molar-refractivity contribution in [2.24, 2.45) is 5.73 Å². The zero-order valence-corrected chi connectivity index (χ0v) is 21.6. The van der Waals surface area contributed by atoms with Crippen molar-refractivity contribution in [3.05, 3.63) is 36.2 Å². The second kappa shape index (κ2) is 10.7. The Labute approximate surface area is 212 Å². The van der Waals surface area contributed by atoms with Crippen LogP contribution >= 0.6 is 0 Å². The van der Waals surface area contributed by atoms with Crippen LogP contribution in [0.25, 0.3) is 11.2 Å². The number of hydrogen-bond donors (Lipinski definition) is 4. The lowest BCUT2D eigenvalue weighted by Gasteiger charge is -2.27. The molecule has 11 heteroatoms. The maximum Gasteiger partial charge on any atom is 0.240 e. The molecule has 5 rings (SSSR count). The van der Waals surface area contributed by atoms with Gasteiger partial charge in [0.05, 0.1) is 11.2 Å². The van der Waals surface area contributed by atoms with Gasteiger partial charge in [-0.1, -0.05) is 30.5 Å². The summed E-state index contributed by atoms with van der Waals surface area (Å²) in [5.74, 6) is 1.19. The first-order valence-corrected chi connectivity index (χ1v) is 14.4. The lowest BCUT2D eigenvalue weighted by Crippen LogP contribution is -2.33. The van der Waals surface area contributed by atoms with Gasteiger partial charge in [0.1, 0.15) is 0 Å². The summed E-state index contributed by atoms with van der Waals surface area (Å²) in [6.07, 6.45) is 10.5. The molecule has 36 heavy (non-hydrogen) atoms. The Morgan fingerprint density at radius 2 is 1.72 bits per heavy atom. The minimum Gasteiger partial charge on any atom is -0.367 e. The van der Waals surface area contributed by atoms with Gasteiger partial charge in [0.15, 0.2) is 17.0 Å². The Kier molecular flexibility index (Phi) is 7.40. The average Bonchev–Trinajstić information content (AvgIpc) is 3.53. The molecule has 5 N–H and O–H groups in total. The summed E-state index contributed by atoms with van der Waals surface area (Å²) in [6, 6.07) is 7.78. The first kappa shape index (κ1) is 24.9. The average molecular weight is 513 g/mol. The van der Waals surface area contributed by atoms with Crippen LogP contribution in [0.4, 0.5) is 11.8 Å². The van der Waals surface area contributed by atoms with Gasteiger partial charge in [0.25, 0.3) is 0 Å². The maximum absolute atomic E-state index is 12.6. The van der Waals surface area contributed by atoms with Crippen molar-refractivity contribution in [3.63, 3.8) is 0 Å². The summed E-state index contributed by atoms with van der Waals surface area (Å²) in [6.45, 7) is 2.51. The van der Waals surface area contributed by atoms with E-state index in [9.17, 15) is 8.42 Å². The van der Waals surface area contributed by atoms with E-state index in [1.807, 2.05) is 13.3 Å². The summed E-state index contributed by atoms with van der Waals surface area (Å²) in [7, 11) is -3.58. The summed E-state index contributed by atoms with van der Waals surface area (Å²) in [4.78, 5) is 14.5. The lowest BCUT2D eigenvalue weighted by molar-refractivity contribution is 0.410. The highest BCUT2D eigenvalue weighted by Crippen LogP contribution is 2.33. The summed E-state index contributed by atoms with van der Waals surface area (Å²) in [5.41, 5.74) is 8.61. The van der Waals surface area contributed by atoms with Gasteiger partial charge < -0.3 is 20.9 Å². The van der Waals surface area contributed by atoms with E-state index < -0.39 is 10.0 Å². The number of benzene rings is 1. The molecular weight excluding hydrogens is 476 g/mol. The van der Waals surface area contributed by atoms with Crippen molar-refractivity contribution < 1.29 is 8.42 Å². The van der Waals surface area contributed by atoms with E-state index in [1.54, 1.807) is 24.3 Å². The monoisotopic (exact) mass is 512 g/mol. The van der Waals surface area contributed by atoms with E-state index in [1.165, 1.54) is 12.8 Å². The number of sulfonamides is 1.